The van der Waals surface area contributed by atoms with Gasteiger partial charge in [-0.3, -0.25) is 0 Å². The van der Waals surface area contributed by atoms with Crippen molar-refractivity contribution in [1.82, 2.24) is 5.32 Å². The van der Waals surface area contributed by atoms with E-state index in [0.29, 0.717) is 29.7 Å². The van der Waals surface area contributed by atoms with E-state index in [2.05, 4.69) is 21.2 Å². The Balaban J connectivity index is 1.62. The summed E-state index contributed by atoms with van der Waals surface area (Å²) in [5, 5.41) is 4.14. The van der Waals surface area contributed by atoms with Crippen LogP contribution in [0.5, 0.6) is 17.2 Å². The lowest BCUT2D eigenvalue weighted by Gasteiger charge is -2.15. The van der Waals surface area contributed by atoms with E-state index in [0.717, 1.165) is 27.9 Å². The summed E-state index contributed by atoms with van der Waals surface area (Å²) < 4.78 is 17.6. The van der Waals surface area contributed by atoms with Crippen LogP contribution < -0.4 is 19.5 Å². The quantitative estimate of drug-likeness (QED) is 0.412. The fourth-order valence-electron chi connectivity index (χ4n) is 2.86. The number of rotatable bonds is 9. The van der Waals surface area contributed by atoms with Crippen LogP contribution in [0.15, 0.2) is 65.1 Å². The average Bonchev–Trinajstić information content (AvgIpc) is 2.74. The van der Waals surface area contributed by atoms with Crippen molar-refractivity contribution in [3.63, 3.8) is 0 Å². The second kappa shape index (κ2) is 10.5. The topological polar surface area (TPSA) is 39.7 Å². The van der Waals surface area contributed by atoms with E-state index in [9.17, 15) is 0 Å². The smallest absolute Gasteiger partial charge is 0.162 e. The molecule has 1 N–H and O–H groups in total. The Morgan fingerprint density at radius 2 is 1.66 bits per heavy atom. The monoisotopic (exact) mass is 475 g/mol. The molecule has 3 aromatic carbocycles. The maximum absolute atomic E-state index is 6.04. The minimum absolute atomic E-state index is 0.415. The summed E-state index contributed by atoms with van der Waals surface area (Å²) in [7, 11) is 3.31. The summed E-state index contributed by atoms with van der Waals surface area (Å²) in [4.78, 5) is 0. The van der Waals surface area contributed by atoms with Gasteiger partial charge >= 0.3 is 0 Å². The lowest BCUT2D eigenvalue weighted by molar-refractivity contribution is 0.284. The van der Waals surface area contributed by atoms with Gasteiger partial charge in [-0.2, -0.15) is 0 Å². The van der Waals surface area contributed by atoms with E-state index in [1.165, 1.54) is 5.56 Å². The molecule has 0 saturated heterocycles. The first-order chi connectivity index (χ1) is 14.1. The fraction of sp³-hybridized carbons (Fsp3) is 0.217. The summed E-state index contributed by atoms with van der Waals surface area (Å²) in [5.74, 6) is 2.23. The predicted octanol–water partition coefficient (Wildman–Crippen LogP) is 5.99. The third kappa shape index (κ3) is 6.13. The predicted molar refractivity (Wildman–Crippen MR) is 120 cm³/mol. The maximum Gasteiger partial charge on any atom is 0.162 e. The van der Waals surface area contributed by atoms with Crippen molar-refractivity contribution < 1.29 is 14.2 Å². The van der Waals surface area contributed by atoms with E-state index in [1.807, 2.05) is 60.7 Å². The van der Waals surface area contributed by atoms with E-state index in [-0.39, 0.29) is 0 Å². The van der Waals surface area contributed by atoms with Crippen LogP contribution in [-0.4, -0.2) is 14.2 Å². The van der Waals surface area contributed by atoms with Gasteiger partial charge in [0.05, 0.1) is 14.2 Å². The van der Waals surface area contributed by atoms with Crippen molar-refractivity contribution in [3.8, 4) is 17.2 Å². The second-order valence-corrected chi connectivity index (χ2v) is 7.76. The Bertz CT molecular complexity index is 947. The van der Waals surface area contributed by atoms with Crippen LogP contribution >= 0.6 is 27.5 Å². The first kappa shape index (κ1) is 21.5. The first-order valence-corrected chi connectivity index (χ1v) is 10.3. The molecule has 0 saturated carbocycles. The molecule has 0 aliphatic rings. The van der Waals surface area contributed by atoms with Crippen LogP contribution in [0, 0.1) is 0 Å². The zero-order valence-electron chi connectivity index (χ0n) is 16.4. The molecule has 0 amide bonds. The molecule has 4 nitrogen and oxygen atoms in total. The number of nitrogens with one attached hydrogen (secondary N) is 1. The highest BCUT2D eigenvalue weighted by Gasteiger charge is 2.11. The Kier molecular flexibility index (Phi) is 7.81. The molecule has 3 rings (SSSR count). The van der Waals surface area contributed by atoms with E-state index >= 15 is 0 Å². The van der Waals surface area contributed by atoms with Crippen molar-refractivity contribution in [1.29, 1.82) is 0 Å². The van der Waals surface area contributed by atoms with E-state index in [4.69, 9.17) is 25.8 Å². The molecule has 152 valence electrons. The van der Waals surface area contributed by atoms with Crippen LogP contribution in [0.2, 0.25) is 5.02 Å². The van der Waals surface area contributed by atoms with E-state index in [1.54, 1.807) is 14.2 Å². The van der Waals surface area contributed by atoms with Gasteiger partial charge in [-0.15, -0.1) is 0 Å². The minimum atomic E-state index is 0.415. The summed E-state index contributed by atoms with van der Waals surface area (Å²) in [6.45, 7) is 1.86. The van der Waals surface area contributed by atoms with Gasteiger partial charge in [0.25, 0.3) is 0 Å². The number of ether oxygens (including phenoxy) is 3. The van der Waals surface area contributed by atoms with Crippen LogP contribution in [0.4, 0.5) is 0 Å². The molecule has 0 aliphatic carbocycles. The zero-order chi connectivity index (χ0) is 20.6. The fourth-order valence-corrected chi connectivity index (χ4v) is 3.53. The lowest BCUT2D eigenvalue weighted by Crippen LogP contribution is -2.13. The number of hydrogen-bond acceptors (Lipinski definition) is 4. The van der Waals surface area contributed by atoms with Crippen molar-refractivity contribution in [2.24, 2.45) is 0 Å². The normalized spacial score (nSPS) is 10.6. The molecule has 29 heavy (non-hydrogen) atoms. The number of halogens is 2. The van der Waals surface area contributed by atoms with Crippen LogP contribution in [0.25, 0.3) is 0 Å². The zero-order valence-corrected chi connectivity index (χ0v) is 18.7. The highest BCUT2D eigenvalue weighted by molar-refractivity contribution is 9.10. The highest BCUT2D eigenvalue weighted by Crippen LogP contribution is 2.34. The SMILES string of the molecule is COc1ccc(CNCc2cc(OC)c(OCc3cccc(Cl)c3)cc2Br)cc1. The summed E-state index contributed by atoms with van der Waals surface area (Å²) in [6, 6.07) is 19.6. The lowest BCUT2D eigenvalue weighted by atomic mass is 10.1. The molecule has 3 aromatic rings. The first-order valence-electron chi connectivity index (χ1n) is 9.16. The average molecular weight is 477 g/mol. The Morgan fingerprint density at radius 3 is 2.34 bits per heavy atom. The molecule has 0 aromatic heterocycles. The van der Waals surface area contributed by atoms with Gasteiger partial charge < -0.3 is 19.5 Å². The second-order valence-electron chi connectivity index (χ2n) is 6.46. The van der Waals surface area contributed by atoms with Crippen molar-refractivity contribution in [3.05, 3.63) is 86.8 Å². The summed E-state index contributed by atoms with van der Waals surface area (Å²) in [5.41, 5.74) is 3.28. The van der Waals surface area contributed by atoms with Crippen LogP contribution in [0.3, 0.4) is 0 Å². The van der Waals surface area contributed by atoms with Crippen LogP contribution in [0.1, 0.15) is 16.7 Å². The summed E-state index contributed by atoms with van der Waals surface area (Å²) >= 11 is 9.68. The molecule has 0 fully saturated rings. The van der Waals surface area contributed by atoms with Gasteiger partial charge in [-0.1, -0.05) is 51.8 Å². The molecule has 0 unspecified atom stereocenters. The Hall–Kier alpha value is -2.21. The Labute approximate surface area is 184 Å². The van der Waals surface area contributed by atoms with Gasteiger partial charge in [-0.25, -0.2) is 0 Å². The van der Waals surface area contributed by atoms with Gasteiger partial charge in [-0.05, 0) is 53.1 Å². The third-order valence-corrected chi connectivity index (χ3v) is 5.39. The van der Waals surface area contributed by atoms with Crippen molar-refractivity contribution >= 4 is 27.5 Å². The maximum atomic E-state index is 6.04. The van der Waals surface area contributed by atoms with Crippen molar-refractivity contribution in [2.45, 2.75) is 19.7 Å². The van der Waals surface area contributed by atoms with Gasteiger partial charge in [0.15, 0.2) is 11.5 Å². The molecule has 0 heterocycles. The third-order valence-electron chi connectivity index (χ3n) is 4.42. The largest absolute Gasteiger partial charge is 0.497 e. The molecular formula is C23H23BrClNO3. The summed E-state index contributed by atoms with van der Waals surface area (Å²) in [6.07, 6.45) is 0. The molecule has 0 radical (unpaired) electrons. The van der Waals surface area contributed by atoms with Crippen LogP contribution in [-0.2, 0) is 19.7 Å². The molecule has 0 aliphatic heterocycles. The Morgan fingerprint density at radius 1 is 0.862 bits per heavy atom. The standard InChI is InChI=1S/C23H23BrClNO3/c1-27-20-8-6-16(7-9-20)13-26-14-18-11-22(28-2)23(12-21(18)24)29-15-17-4-3-5-19(25)10-17/h3-12,26H,13-15H2,1-2H3. The van der Waals surface area contributed by atoms with Gasteiger partial charge in [0, 0.05) is 22.6 Å². The molecule has 0 bridgehead atoms. The van der Waals surface area contributed by atoms with Gasteiger partial charge in [0.1, 0.15) is 12.4 Å². The van der Waals surface area contributed by atoms with Crippen molar-refractivity contribution in [2.75, 3.05) is 14.2 Å². The molecule has 0 spiro atoms. The van der Waals surface area contributed by atoms with Gasteiger partial charge in [0.2, 0.25) is 0 Å². The van der Waals surface area contributed by atoms with E-state index < -0.39 is 0 Å². The minimum Gasteiger partial charge on any atom is -0.497 e. The number of benzene rings is 3. The number of hydrogen-bond donors (Lipinski definition) is 1. The highest BCUT2D eigenvalue weighted by atomic mass is 79.9. The molecule has 0 atom stereocenters. The molecule has 6 heteroatoms. The molecular weight excluding hydrogens is 454 g/mol. The number of methoxy groups -OCH3 is 2.